The van der Waals surface area contributed by atoms with Gasteiger partial charge in [0.05, 0.1) is 46.9 Å². The van der Waals surface area contributed by atoms with Crippen molar-refractivity contribution in [2.24, 2.45) is 7.05 Å². The molecule has 0 saturated heterocycles. The first-order valence-electron chi connectivity index (χ1n) is 8.49. The Labute approximate surface area is 165 Å². The number of hydrogen-bond acceptors (Lipinski definition) is 5. The van der Waals surface area contributed by atoms with Crippen LogP contribution in [0, 0.1) is 6.92 Å². The van der Waals surface area contributed by atoms with Crippen LogP contribution in [0.4, 0.5) is 0 Å². The first kappa shape index (κ1) is 18.1. The molecule has 0 bridgehead atoms. The largest absolute Gasteiger partial charge is 0.465 e. The number of aromatic amines is 1. The normalized spacial score (nSPS) is 11.0. The van der Waals surface area contributed by atoms with Gasteiger partial charge in [-0.15, -0.1) is 0 Å². The minimum Gasteiger partial charge on any atom is -0.465 e. The van der Waals surface area contributed by atoms with Crippen molar-refractivity contribution in [1.29, 1.82) is 0 Å². The highest BCUT2D eigenvalue weighted by Gasteiger charge is 2.14. The summed E-state index contributed by atoms with van der Waals surface area (Å²) in [7, 11) is 3.25. The van der Waals surface area contributed by atoms with Crippen LogP contribution in [0.2, 0.25) is 5.02 Å². The van der Waals surface area contributed by atoms with Crippen LogP contribution in [0.1, 0.15) is 15.9 Å². The fraction of sp³-hybridized carbons (Fsp3) is 0.150. The van der Waals surface area contributed by atoms with Gasteiger partial charge in [-0.05, 0) is 36.8 Å². The highest BCUT2D eigenvalue weighted by molar-refractivity contribution is 6.34. The molecule has 0 spiro atoms. The van der Waals surface area contributed by atoms with Gasteiger partial charge in [0.1, 0.15) is 5.75 Å². The maximum atomic E-state index is 11.9. The predicted octanol–water partition coefficient (Wildman–Crippen LogP) is 4.50. The number of benzene rings is 2. The summed E-state index contributed by atoms with van der Waals surface area (Å²) in [5, 5.41) is 0.578. The van der Waals surface area contributed by atoms with Gasteiger partial charge in [0, 0.05) is 12.6 Å². The zero-order valence-corrected chi connectivity index (χ0v) is 16.2. The lowest BCUT2D eigenvalue weighted by atomic mass is 10.1. The lowest BCUT2D eigenvalue weighted by molar-refractivity contribution is 0.0599. The van der Waals surface area contributed by atoms with E-state index < -0.39 is 5.97 Å². The topological polar surface area (TPSA) is 82.0 Å². The summed E-state index contributed by atoms with van der Waals surface area (Å²) in [5.74, 6) is 0.0585. The average Bonchev–Trinajstić information content (AvgIpc) is 3.27. The van der Waals surface area contributed by atoms with Crippen LogP contribution >= 0.6 is 11.6 Å². The van der Waals surface area contributed by atoms with Gasteiger partial charge >= 0.3 is 5.97 Å². The fourth-order valence-corrected chi connectivity index (χ4v) is 3.23. The number of methoxy groups -OCH3 is 1. The van der Waals surface area contributed by atoms with E-state index in [1.807, 2.05) is 24.6 Å². The van der Waals surface area contributed by atoms with Crippen LogP contribution in [-0.4, -0.2) is 32.6 Å². The van der Waals surface area contributed by atoms with Crippen molar-refractivity contribution in [3.8, 4) is 23.0 Å². The first-order valence-corrected chi connectivity index (χ1v) is 8.87. The van der Waals surface area contributed by atoms with Gasteiger partial charge in [-0.25, -0.2) is 9.78 Å². The van der Waals surface area contributed by atoms with Crippen LogP contribution < -0.4 is 4.74 Å². The Balaban J connectivity index is 1.69. The second-order valence-corrected chi connectivity index (χ2v) is 6.76. The van der Waals surface area contributed by atoms with Crippen molar-refractivity contribution in [3.63, 3.8) is 0 Å². The summed E-state index contributed by atoms with van der Waals surface area (Å²) in [4.78, 5) is 23.6. The second kappa shape index (κ2) is 7.01. The van der Waals surface area contributed by atoms with E-state index in [0.717, 1.165) is 22.3 Å². The molecule has 0 radical (unpaired) electrons. The van der Waals surface area contributed by atoms with Crippen molar-refractivity contribution < 1.29 is 14.3 Å². The molecule has 2 heterocycles. The van der Waals surface area contributed by atoms with Crippen molar-refractivity contribution in [1.82, 2.24) is 19.5 Å². The second-order valence-electron chi connectivity index (χ2n) is 6.35. The molecule has 0 fully saturated rings. The molecule has 8 heteroatoms. The summed E-state index contributed by atoms with van der Waals surface area (Å²) < 4.78 is 12.5. The van der Waals surface area contributed by atoms with E-state index >= 15 is 0 Å². The van der Waals surface area contributed by atoms with Crippen LogP contribution in [-0.2, 0) is 11.8 Å². The Morgan fingerprint density at radius 3 is 2.79 bits per heavy atom. The Hall–Kier alpha value is -3.32. The summed E-state index contributed by atoms with van der Waals surface area (Å²) >= 11 is 6.44. The first-order chi connectivity index (χ1) is 13.5. The molecular weight excluding hydrogens is 380 g/mol. The molecule has 0 unspecified atom stereocenters. The maximum Gasteiger partial charge on any atom is 0.338 e. The molecule has 1 N–H and O–H groups in total. The maximum absolute atomic E-state index is 11.9. The number of H-pyrrole nitrogens is 1. The molecule has 28 heavy (non-hydrogen) atoms. The van der Waals surface area contributed by atoms with E-state index in [-0.39, 0.29) is 0 Å². The Morgan fingerprint density at radius 2 is 2.07 bits per heavy atom. The van der Waals surface area contributed by atoms with E-state index in [4.69, 9.17) is 21.1 Å². The molecule has 4 aromatic rings. The number of carbonyl (C=O) groups is 1. The average molecular weight is 397 g/mol. The molecule has 4 rings (SSSR count). The molecule has 0 aliphatic rings. The quantitative estimate of drug-likeness (QED) is 0.513. The van der Waals surface area contributed by atoms with Gasteiger partial charge in [-0.2, -0.15) is 4.98 Å². The Kier molecular flexibility index (Phi) is 4.52. The van der Waals surface area contributed by atoms with Gasteiger partial charge in [-0.3, -0.25) is 0 Å². The number of carbonyl (C=O) groups excluding carboxylic acids is 1. The highest BCUT2D eigenvalue weighted by Crippen LogP contribution is 2.32. The predicted molar refractivity (Wildman–Crippen MR) is 106 cm³/mol. The van der Waals surface area contributed by atoms with Crippen LogP contribution in [0.25, 0.3) is 22.3 Å². The number of hydrogen-bond donors (Lipinski definition) is 1. The molecule has 142 valence electrons. The molecule has 0 aliphatic carbocycles. The summed E-state index contributed by atoms with van der Waals surface area (Å²) in [6, 6.07) is 9.17. The van der Waals surface area contributed by atoms with Crippen LogP contribution in [0.3, 0.4) is 0 Å². The molecule has 2 aromatic carbocycles. The zero-order chi connectivity index (χ0) is 19.8. The van der Waals surface area contributed by atoms with Gasteiger partial charge < -0.3 is 19.0 Å². The third-order valence-electron chi connectivity index (χ3n) is 4.47. The minimum absolute atomic E-state index is 0.299. The van der Waals surface area contributed by atoms with Crippen LogP contribution in [0.5, 0.6) is 11.8 Å². The number of aromatic nitrogens is 4. The smallest absolute Gasteiger partial charge is 0.338 e. The molecule has 0 saturated carbocycles. The SMILES string of the molecule is COC(=O)c1cc(Oc2nc3cc(-c4cncn4C)c(Cl)cc3[nH]2)ccc1C. The van der Waals surface area contributed by atoms with E-state index in [1.54, 1.807) is 36.8 Å². The molecular formula is C20H17ClN4O3. The molecule has 7 nitrogen and oxygen atoms in total. The molecule has 2 aromatic heterocycles. The summed E-state index contributed by atoms with van der Waals surface area (Å²) in [6.45, 7) is 1.83. The fourth-order valence-electron chi connectivity index (χ4n) is 2.97. The van der Waals surface area contributed by atoms with Crippen molar-refractivity contribution in [2.45, 2.75) is 6.92 Å². The van der Waals surface area contributed by atoms with E-state index in [0.29, 0.717) is 27.9 Å². The molecule has 0 atom stereocenters. The van der Waals surface area contributed by atoms with Gasteiger partial charge in [0.15, 0.2) is 0 Å². The number of rotatable bonds is 4. The number of ether oxygens (including phenoxy) is 2. The van der Waals surface area contributed by atoms with E-state index in [1.165, 1.54) is 7.11 Å². The van der Waals surface area contributed by atoms with Crippen molar-refractivity contribution in [3.05, 3.63) is 59.0 Å². The summed E-state index contributed by atoms with van der Waals surface area (Å²) in [6.07, 6.45) is 3.46. The number of nitrogens with zero attached hydrogens (tertiary/aromatic N) is 3. The third kappa shape index (κ3) is 3.20. The number of esters is 1. The lowest BCUT2D eigenvalue weighted by Crippen LogP contribution is -2.04. The number of imidazole rings is 2. The Morgan fingerprint density at radius 1 is 1.25 bits per heavy atom. The van der Waals surface area contributed by atoms with Crippen molar-refractivity contribution in [2.75, 3.05) is 7.11 Å². The Bertz CT molecular complexity index is 1200. The number of aryl methyl sites for hydroxylation is 2. The van der Waals surface area contributed by atoms with Crippen LogP contribution in [0.15, 0.2) is 42.9 Å². The number of halogens is 1. The van der Waals surface area contributed by atoms with E-state index in [9.17, 15) is 4.79 Å². The highest BCUT2D eigenvalue weighted by atomic mass is 35.5. The van der Waals surface area contributed by atoms with Gasteiger partial charge in [0.2, 0.25) is 0 Å². The third-order valence-corrected chi connectivity index (χ3v) is 4.78. The number of fused-ring (bicyclic) bond motifs is 1. The minimum atomic E-state index is -0.417. The standard InChI is InChI=1S/C20H17ClN4O3/c1-11-4-5-12(6-13(11)19(26)27-3)28-20-23-16-7-14(15(21)8-17(16)24-20)18-9-22-10-25(18)2/h4-10H,1-3H3,(H,23,24). The zero-order valence-electron chi connectivity index (χ0n) is 15.5. The number of nitrogens with one attached hydrogen (secondary N) is 1. The molecule has 0 aliphatic heterocycles. The van der Waals surface area contributed by atoms with E-state index in [2.05, 4.69) is 15.0 Å². The van der Waals surface area contributed by atoms with Gasteiger partial charge in [-0.1, -0.05) is 17.7 Å². The van der Waals surface area contributed by atoms with Crippen molar-refractivity contribution >= 4 is 28.6 Å². The monoisotopic (exact) mass is 396 g/mol. The van der Waals surface area contributed by atoms with Gasteiger partial charge in [0.25, 0.3) is 6.01 Å². The molecule has 0 amide bonds. The summed E-state index contributed by atoms with van der Waals surface area (Å²) in [5.41, 5.74) is 4.41. The lowest BCUT2D eigenvalue weighted by Gasteiger charge is -2.07.